The number of carbonyl (C=O) groups is 2. The van der Waals surface area contributed by atoms with E-state index in [0.717, 1.165) is 0 Å². The van der Waals surface area contributed by atoms with E-state index in [1.807, 2.05) is 0 Å². The van der Waals surface area contributed by atoms with Gasteiger partial charge in [-0.1, -0.05) is 11.6 Å². The molecule has 0 bridgehead atoms. The number of anilines is 1. The largest absolute Gasteiger partial charge is 0.465 e. The summed E-state index contributed by atoms with van der Waals surface area (Å²) in [6.07, 6.45) is -0.254. The van der Waals surface area contributed by atoms with Gasteiger partial charge in [0, 0.05) is 5.69 Å². The van der Waals surface area contributed by atoms with Crippen LogP contribution in [0.5, 0.6) is 0 Å². The first kappa shape index (κ1) is 13.0. The topological polar surface area (TPSA) is 79.2 Å². The van der Waals surface area contributed by atoms with Crippen LogP contribution in [-0.4, -0.2) is 19.0 Å². The Labute approximate surface area is 103 Å². The van der Waals surface area contributed by atoms with Gasteiger partial charge in [0.05, 0.1) is 23.8 Å². The number of hydrogen-bond acceptors (Lipinski definition) is 4. The molecule has 0 saturated heterocycles. The van der Waals surface area contributed by atoms with Gasteiger partial charge in [-0.25, -0.2) is 4.79 Å². The zero-order chi connectivity index (χ0) is 12.8. The van der Waals surface area contributed by atoms with E-state index in [4.69, 9.17) is 16.9 Å². The molecule has 0 aliphatic carbocycles. The second-order valence-corrected chi connectivity index (χ2v) is 3.48. The van der Waals surface area contributed by atoms with E-state index in [1.54, 1.807) is 6.07 Å². The Morgan fingerprint density at radius 2 is 2.24 bits per heavy atom. The summed E-state index contributed by atoms with van der Waals surface area (Å²) in [5.41, 5.74) is 0.541. The van der Waals surface area contributed by atoms with Crippen LogP contribution in [0.25, 0.3) is 0 Å². The normalized spacial score (nSPS) is 9.24. The van der Waals surface area contributed by atoms with E-state index in [2.05, 4.69) is 10.1 Å². The number of halogens is 1. The van der Waals surface area contributed by atoms with Crippen LogP contribution >= 0.6 is 11.6 Å². The molecule has 1 aromatic carbocycles. The van der Waals surface area contributed by atoms with Gasteiger partial charge in [-0.3, -0.25) is 4.79 Å². The molecule has 0 saturated carbocycles. The smallest absolute Gasteiger partial charge is 0.339 e. The van der Waals surface area contributed by atoms with E-state index in [9.17, 15) is 9.59 Å². The minimum absolute atomic E-state index is 0.156. The minimum Gasteiger partial charge on any atom is -0.465 e. The Hall–Kier alpha value is -2.06. The van der Waals surface area contributed by atoms with Gasteiger partial charge < -0.3 is 10.1 Å². The molecule has 0 atom stereocenters. The predicted octanol–water partition coefficient (Wildman–Crippen LogP) is 1.98. The van der Waals surface area contributed by atoms with Crippen molar-refractivity contribution >= 4 is 29.2 Å². The first-order valence-electron chi connectivity index (χ1n) is 4.63. The van der Waals surface area contributed by atoms with Crippen LogP contribution in [0, 0.1) is 11.3 Å². The lowest BCUT2D eigenvalue weighted by molar-refractivity contribution is -0.115. The second-order valence-electron chi connectivity index (χ2n) is 3.07. The van der Waals surface area contributed by atoms with Crippen molar-refractivity contribution in [2.45, 2.75) is 6.42 Å². The number of hydrogen-bond donors (Lipinski definition) is 1. The molecule has 0 aromatic heterocycles. The van der Waals surface area contributed by atoms with Gasteiger partial charge in [-0.2, -0.15) is 5.26 Å². The summed E-state index contributed by atoms with van der Waals surface area (Å²) in [6.45, 7) is 0. The van der Waals surface area contributed by atoms with E-state index in [0.29, 0.717) is 5.69 Å². The van der Waals surface area contributed by atoms with Crippen LogP contribution in [0.2, 0.25) is 5.02 Å². The van der Waals surface area contributed by atoms with Gasteiger partial charge in [-0.15, -0.1) is 0 Å². The molecule has 6 heteroatoms. The van der Waals surface area contributed by atoms with Crippen LogP contribution in [0.3, 0.4) is 0 Å². The summed E-state index contributed by atoms with van der Waals surface area (Å²) in [4.78, 5) is 22.5. The highest BCUT2D eigenvalue weighted by molar-refractivity contribution is 6.33. The number of benzene rings is 1. The van der Waals surface area contributed by atoms with Gasteiger partial charge in [-0.05, 0) is 18.2 Å². The summed E-state index contributed by atoms with van der Waals surface area (Å²) in [7, 11) is 1.24. The molecule has 1 amide bonds. The molecular formula is C11H9ClN2O3. The van der Waals surface area contributed by atoms with Crippen molar-refractivity contribution in [3.05, 3.63) is 28.8 Å². The van der Waals surface area contributed by atoms with Crippen molar-refractivity contribution in [2.75, 3.05) is 12.4 Å². The number of nitrogens with one attached hydrogen (secondary N) is 1. The summed E-state index contributed by atoms with van der Waals surface area (Å²) < 4.78 is 4.54. The van der Waals surface area contributed by atoms with Gasteiger partial charge in [0.25, 0.3) is 0 Å². The molecule has 0 unspecified atom stereocenters. The van der Waals surface area contributed by atoms with Gasteiger partial charge in [0.1, 0.15) is 6.42 Å². The van der Waals surface area contributed by atoms with E-state index < -0.39 is 11.9 Å². The third-order valence-corrected chi connectivity index (χ3v) is 2.22. The van der Waals surface area contributed by atoms with Gasteiger partial charge in [0.2, 0.25) is 5.91 Å². The summed E-state index contributed by atoms with van der Waals surface area (Å²) in [6, 6.07) is 6.11. The standard InChI is InChI=1S/C11H9ClN2O3/c1-17-11(16)8-6-7(2-3-9(8)12)14-10(15)4-5-13/h2-3,6H,4H2,1H3,(H,14,15). The number of carbonyl (C=O) groups excluding carboxylic acids is 2. The Kier molecular flexibility index (Phi) is 4.49. The zero-order valence-corrected chi connectivity index (χ0v) is 9.75. The van der Waals surface area contributed by atoms with Crippen LogP contribution in [0.4, 0.5) is 5.69 Å². The maximum Gasteiger partial charge on any atom is 0.339 e. The summed E-state index contributed by atoms with van der Waals surface area (Å²) >= 11 is 5.80. The number of amides is 1. The molecule has 17 heavy (non-hydrogen) atoms. The van der Waals surface area contributed by atoms with Crippen molar-refractivity contribution in [3.63, 3.8) is 0 Å². The number of rotatable bonds is 3. The summed E-state index contributed by atoms with van der Waals surface area (Å²) in [5.74, 6) is -1.04. The van der Waals surface area contributed by atoms with Crippen molar-refractivity contribution < 1.29 is 14.3 Å². The highest BCUT2D eigenvalue weighted by Gasteiger charge is 2.12. The van der Waals surface area contributed by atoms with Crippen molar-refractivity contribution in [1.82, 2.24) is 0 Å². The van der Waals surface area contributed by atoms with E-state index >= 15 is 0 Å². The maximum absolute atomic E-state index is 11.3. The van der Waals surface area contributed by atoms with Crippen LogP contribution < -0.4 is 5.32 Å². The SMILES string of the molecule is COC(=O)c1cc(NC(=O)CC#N)ccc1Cl. The summed E-state index contributed by atoms with van der Waals surface area (Å²) in [5, 5.41) is 11.0. The highest BCUT2D eigenvalue weighted by Crippen LogP contribution is 2.21. The maximum atomic E-state index is 11.3. The van der Waals surface area contributed by atoms with Crippen molar-refractivity contribution in [2.24, 2.45) is 0 Å². The fourth-order valence-corrected chi connectivity index (χ4v) is 1.34. The van der Waals surface area contributed by atoms with Crippen LogP contribution in [0.1, 0.15) is 16.8 Å². The monoisotopic (exact) mass is 252 g/mol. The molecule has 1 rings (SSSR count). The molecular weight excluding hydrogens is 244 g/mol. The van der Waals surface area contributed by atoms with Crippen LogP contribution in [0.15, 0.2) is 18.2 Å². The van der Waals surface area contributed by atoms with Gasteiger partial charge >= 0.3 is 5.97 Å². The second kappa shape index (κ2) is 5.87. The lowest BCUT2D eigenvalue weighted by Crippen LogP contribution is -2.11. The predicted molar refractivity (Wildman–Crippen MR) is 61.7 cm³/mol. The molecule has 0 aliphatic rings. The lowest BCUT2D eigenvalue weighted by Gasteiger charge is -2.06. The molecule has 0 fully saturated rings. The van der Waals surface area contributed by atoms with Crippen molar-refractivity contribution in [1.29, 1.82) is 5.26 Å². The lowest BCUT2D eigenvalue weighted by atomic mass is 10.2. The molecule has 0 heterocycles. The molecule has 0 aliphatic heterocycles. The molecule has 88 valence electrons. The Morgan fingerprint density at radius 1 is 1.53 bits per heavy atom. The average Bonchev–Trinajstić information content (AvgIpc) is 2.31. The van der Waals surface area contributed by atoms with E-state index in [-0.39, 0.29) is 17.0 Å². The Morgan fingerprint density at radius 3 is 2.82 bits per heavy atom. The number of nitrogens with zero attached hydrogens (tertiary/aromatic N) is 1. The highest BCUT2D eigenvalue weighted by atomic mass is 35.5. The Balaban J connectivity index is 2.93. The fraction of sp³-hybridized carbons (Fsp3) is 0.182. The first-order valence-corrected chi connectivity index (χ1v) is 5.01. The van der Waals surface area contributed by atoms with Crippen LogP contribution in [-0.2, 0) is 9.53 Å². The number of ether oxygens (including phenoxy) is 1. The zero-order valence-electron chi connectivity index (χ0n) is 8.99. The van der Waals surface area contributed by atoms with Gasteiger partial charge in [0.15, 0.2) is 0 Å². The third-order valence-electron chi connectivity index (χ3n) is 1.90. The number of methoxy groups -OCH3 is 1. The Bertz CT molecular complexity index is 494. The first-order chi connectivity index (χ1) is 8.08. The quantitative estimate of drug-likeness (QED) is 0.834. The average molecular weight is 253 g/mol. The third kappa shape index (κ3) is 3.47. The van der Waals surface area contributed by atoms with E-state index in [1.165, 1.54) is 25.3 Å². The minimum atomic E-state index is -0.591. The van der Waals surface area contributed by atoms with Crippen molar-refractivity contribution in [3.8, 4) is 6.07 Å². The molecule has 0 radical (unpaired) electrons. The molecule has 1 aromatic rings. The fourth-order valence-electron chi connectivity index (χ4n) is 1.15. The molecule has 5 nitrogen and oxygen atoms in total. The number of esters is 1. The number of nitriles is 1. The molecule has 0 spiro atoms. The molecule has 1 N–H and O–H groups in total.